The summed E-state index contributed by atoms with van der Waals surface area (Å²) in [6.07, 6.45) is 3.54. The molecule has 0 saturated carbocycles. The molecule has 1 saturated heterocycles. The quantitative estimate of drug-likeness (QED) is 0.716. The van der Waals surface area contributed by atoms with Crippen molar-refractivity contribution >= 4 is 22.7 Å². The molecule has 1 fully saturated rings. The zero-order valence-electron chi connectivity index (χ0n) is 16.7. The van der Waals surface area contributed by atoms with Crippen molar-refractivity contribution in [2.45, 2.75) is 52.2 Å². The maximum absolute atomic E-state index is 12.6. The second-order valence-electron chi connectivity index (χ2n) is 7.57. The Hall–Kier alpha value is -3.16. The number of rotatable bonds is 5. The number of fused-ring (bicyclic) bond motifs is 1. The SMILES string of the molecule is Cc1noc(C)c1CN1CCC(NC(=O)Cn2ncc3ccccc32)CCC1=O. The summed E-state index contributed by atoms with van der Waals surface area (Å²) in [4.78, 5) is 26.9. The molecule has 2 amide bonds. The highest BCUT2D eigenvalue weighted by molar-refractivity contribution is 5.82. The van der Waals surface area contributed by atoms with Crippen molar-refractivity contribution in [2.75, 3.05) is 6.54 Å². The molecular weight excluding hydrogens is 370 g/mol. The smallest absolute Gasteiger partial charge is 0.241 e. The van der Waals surface area contributed by atoms with Crippen LogP contribution in [0, 0.1) is 13.8 Å². The number of hydrogen-bond donors (Lipinski definition) is 1. The third-order valence-corrected chi connectivity index (χ3v) is 5.55. The van der Waals surface area contributed by atoms with Crippen LogP contribution >= 0.6 is 0 Å². The average Bonchev–Trinajstić information content (AvgIpc) is 3.20. The van der Waals surface area contributed by atoms with Crippen LogP contribution < -0.4 is 5.32 Å². The zero-order chi connectivity index (χ0) is 20.4. The molecule has 8 heteroatoms. The lowest BCUT2D eigenvalue weighted by atomic mass is 10.1. The van der Waals surface area contributed by atoms with Crippen LogP contribution in [0.3, 0.4) is 0 Å². The van der Waals surface area contributed by atoms with E-state index in [9.17, 15) is 9.59 Å². The standard InChI is InChI=1S/C21H25N5O3/c1-14-18(15(2)29-24-14)12-25-10-9-17(7-8-21(25)28)23-20(27)13-26-19-6-4-3-5-16(19)11-22-26/h3-6,11,17H,7-10,12-13H2,1-2H3,(H,23,27). The van der Waals surface area contributed by atoms with E-state index in [1.807, 2.05) is 43.0 Å². The Balaban J connectivity index is 1.35. The fraction of sp³-hybridized carbons (Fsp3) is 0.429. The van der Waals surface area contributed by atoms with Crippen molar-refractivity contribution in [1.82, 2.24) is 25.2 Å². The topological polar surface area (TPSA) is 93.3 Å². The van der Waals surface area contributed by atoms with Crippen molar-refractivity contribution in [3.8, 4) is 0 Å². The minimum absolute atomic E-state index is 0.0251. The normalized spacial score (nSPS) is 17.5. The van der Waals surface area contributed by atoms with Gasteiger partial charge in [0.05, 0.1) is 24.0 Å². The number of carbonyl (C=O) groups is 2. The number of nitrogens with one attached hydrogen (secondary N) is 1. The van der Waals surface area contributed by atoms with Crippen molar-refractivity contribution in [3.63, 3.8) is 0 Å². The summed E-state index contributed by atoms with van der Waals surface area (Å²) in [7, 11) is 0. The Kier molecular flexibility index (Phi) is 5.33. The first-order valence-corrected chi connectivity index (χ1v) is 9.90. The van der Waals surface area contributed by atoms with Crippen molar-refractivity contribution in [1.29, 1.82) is 0 Å². The largest absolute Gasteiger partial charge is 0.361 e. The minimum atomic E-state index is -0.0875. The van der Waals surface area contributed by atoms with Crippen molar-refractivity contribution in [3.05, 3.63) is 47.5 Å². The molecule has 0 spiro atoms. The van der Waals surface area contributed by atoms with Crippen LogP contribution in [0.2, 0.25) is 0 Å². The number of benzene rings is 1. The van der Waals surface area contributed by atoms with Gasteiger partial charge < -0.3 is 14.7 Å². The molecule has 4 rings (SSSR count). The summed E-state index contributed by atoms with van der Waals surface area (Å²) in [5, 5.41) is 12.4. The van der Waals surface area contributed by atoms with E-state index in [4.69, 9.17) is 4.52 Å². The third kappa shape index (κ3) is 4.16. The Bertz CT molecular complexity index is 1020. The average molecular weight is 395 g/mol. The molecule has 1 unspecified atom stereocenters. The number of likely N-dealkylation sites (tertiary alicyclic amines) is 1. The number of aryl methyl sites for hydroxylation is 2. The number of aromatic nitrogens is 3. The highest BCUT2D eigenvalue weighted by Crippen LogP contribution is 2.19. The monoisotopic (exact) mass is 395 g/mol. The Morgan fingerprint density at radius 2 is 2.10 bits per heavy atom. The zero-order valence-corrected chi connectivity index (χ0v) is 16.7. The van der Waals surface area contributed by atoms with Gasteiger partial charge in [0.25, 0.3) is 0 Å². The minimum Gasteiger partial charge on any atom is -0.361 e. The summed E-state index contributed by atoms with van der Waals surface area (Å²) >= 11 is 0. The summed E-state index contributed by atoms with van der Waals surface area (Å²) in [6.45, 7) is 5.01. The molecule has 152 valence electrons. The molecule has 1 aliphatic rings. The Morgan fingerprint density at radius 1 is 1.28 bits per heavy atom. The van der Waals surface area contributed by atoms with Crippen LogP contribution in [0.15, 0.2) is 35.0 Å². The number of nitrogens with zero attached hydrogens (tertiary/aromatic N) is 4. The van der Waals surface area contributed by atoms with E-state index in [2.05, 4.69) is 15.6 Å². The van der Waals surface area contributed by atoms with Gasteiger partial charge in [0.15, 0.2) is 0 Å². The van der Waals surface area contributed by atoms with Gasteiger partial charge >= 0.3 is 0 Å². The van der Waals surface area contributed by atoms with Crippen molar-refractivity contribution < 1.29 is 14.1 Å². The van der Waals surface area contributed by atoms with E-state index >= 15 is 0 Å². The molecule has 29 heavy (non-hydrogen) atoms. The molecule has 0 bridgehead atoms. The van der Waals surface area contributed by atoms with Crippen molar-refractivity contribution in [2.24, 2.45) is 0 Å². The predicted molar refractivity (Wildman–Crippen MR) is 107 cm³/mol. The third-order valence-electron chi connectivity index (χ3n) is 5.55. The second-order valence-corrected chi connectivity index (χ2v) is 7.57. The lowest BCUT2D eigenvalue weighted by Crippen LogP contribution is -2.38. The fourth-order valence-electron chi connectivity index (χ4n) is 3.83. The van der Waals surface area contributed by atoms with Crippen LogP contribution in [0.1, 0.15) is 36.3 Å². The van der Waals surface area contributed by atoms with E-state index in [0.29, 0.717) is 25.9 Å². The molecule has 8 nitrogen and oxygen atoms in total. The highest BCUT2D eigenvalue weighted by atomic mass is 16.5. The lowest BCUT2D eigenvalue weighted by molar-refractivity contribution is -0.131. The molecule has 1 atom stereocenters. The van der Waals surface area contributed by atoms with E-state index in [-0.39, 0.29) is 24.4 Å². The predicted octanol–water partition coefficient (Wildman–Crippen LogP) is 2.34. The molecule has 0 radical (unpaired) electrons. The first-order chi connectivity index (χ1) is 14.0. The second kappa shape index (κ2) is 8.06. The van der Waals surface area contributed by atoms with Gasteiger partial charge in [-0.15, -0.1) is 0 Å². The van der Waals surface area contributed by atoms with E-state index in [1.54, 1.807) is 10.9 Å². The number of para-hydroxylation sites is 1. The maximum atomic E-state index is 12.6. The lowest BCUT2D eigenvalue weighted by Gasteiger charge is -2.21. The van der Waals surface area contributed by atoms with Crippen LogP contribution in [0.5, 0.6) is 0 Å². The van der Waals surface area contributed by atoms with Crippen LogP contribution in [0.25, 0.3) is 10.9 Å². The van der Waals surface area contributed by atoms with Crippen LogP contribution in [-0.4, -0.2) is 44.2 Å². The van der Waals surface area contributed by atoms with Gasteiger partial charge in [-0.2, -0.15) is 5.10 Å². The Morgan fingerprint density at radius 3 is 2.90 bits per heavy atom. The van der Waals surface area contributed by atoms with Gasteiger partial charge in [0, 0.05) is 30.0 Å². The summed E-state index contributed by atoms with van der Waals surface area (Å²) in [5.74, 6) is 0.756. The summed E-state index contributed by atoms with van der Waals surface area (Å²) < 4.78 is 6.91. The number of amides is 2. The van der Waals surface area contributed by atoms with Gasteiger partial charge in [-0.05, 0) is 32.8 Å². The molecule has 3 heterocycles. The molecule has 1 N–H and O–H groups in total. The van der Waals surface area contributed by atoms with E-state index in [0.717, 1.165) is 34.3 Å². The van der Waals surface area contributed by atoms with Gasteiger partial charge in [-0.1, -0.05) is 23.4 Å². The van der Waals surface area contributed by atoms with Gasteiger partial charge in [0.1, 0.15) is 12.3 Å². The molecule has 0 aliphatic carbocycles. The highest BCUT2D eigenvalue weighted by Gasteiger charge is 2.25. The molecule has 2 aromatic heterocycles. The summed E-state index contributed by atoms with van der Waals surface area (Å²) in [5.41, 5.74) is 2.71. The maximum Gasteiger partial charge on any atom is 0.241 e. The molecule has 1 aliphatic heterocycles. The van der Waals surface area contributed by atoms with Crippen LogP contribution in [0.4, 0.5) is 0 Å². The van der Waals surface area contributed by atoms with Crippen LogP contribution in [-0.2, 0) is 22.7 Å². The molecule has 3 aromatic rings. The van der Waals surface area contributed by atoms with E-state index in [1.165, 1.54) is 0 Å². The summed E-state index contributed by atoms with van der Waals surface area (Å²) in [6, 6.07) is 7.78. The van der Waals surface area contributed by atoms with E-state index < -0.39 is 0 Å². The molecule has 1 aromatic carbocycles. The van der Waals surface area contributed by atoms with Gasteiger partial charge in [0.2, 0.25) is 11.8 Å². The van der Waals surface area contributed by atoms with Gasteiger partial charge in [-0.25, -0.2) is 0 Å². The first-order valence-electron chi connectivity index (χ1n) is 9.90. The first kappa shape index (κ1) is 19.2. The fourth-order valence-corrected chi connectivity index (χ4v) is 3.83. The number of carbonyl (C=O) groups excluding carboxylic acids is 2. The number of hydrogen-bond acceptors (Lipinski definition) is 5. The molecular formula is C21H25N5O3. The Labute approximate surface area is 168 Å². The van der Waals surface area contributed by atoms with Gasteiger partial charge in [-0.3, -0.25) is 14.3 Å².